The van der Waals surface area contributed by atoms with Crippen LogP contribution in [0.25, 0.3) is 20.2 Å². The summed E-state index contributed by atoms with van der Waals surface area (Å²) >= 11 is 1.88. The maximum absolute atomic E-state index is 7.14. The summed E-state index contributed by atoms with van der Waals surface area (Å²) < 4.78 is 9.80. The SMILES string of the molecule is CC12C=CC(C3=NC(C4=CCCC=C4)NC(C4CC=CCC4)=N3)=CC1Oc1c(N3c4cc5sc6ccccc6c5cc4C4C=CC=CC43)cccc12. The number of hydrogen-bond acceptors (Lipinski definition) is 6. The van der Waals surface area contributed by atoms with Crippen LogP contribution in [0.2, 0.25) is 0 Å². The molecule has 4 aromatic rings. The molecule has 5 nitrogen and oxygen atoms in total. The number of nitrogens with one attached hydrogen (secondary N) is 1. The van der Waals surface area contributed by atoms with Gasteiger partial charge < -0.3 is 15.0 Å². The van der Waals surface area contributed by atoms with Gasteiger partial charge in [-0.2, -0.15) is 0 Å². The lowest BCUT2D eigenvalue weighted by Gasteiger charge is -2.32. The number of benzene rings is 3. The first kappa shape index (κ1) is 30.4. The monoisotopic (exact) mass is 696 g/mol. The highest BCUT2D eigenvalue weighted by Gasteiger charge is 2.48. The van der Waals surface area contributed by atoms with Crippen LogP contribution in [0.1, 0.15) is 56.1 Å². The number of amidine groups is 2. The Hall–Kier alpha value is -5.20. The third-order valence-corrected chi connectivity index (χ3v) is 13.3. The fraction of sp³-hybridized carbons (Fsp3) is 0.261. The molecule has 0 bridgehead atoms. The van der Waals surface area contributed by atoms with Gasteiger partial charge >= 0.3 is 0 Å². The van der Waals surface area contributed by atoms with E-state index in [9.17, 15) is 0 Å². The highest BCUT2D eigenvalue weighted by atomic mass is 32.1. The second-order valence-electron chi connectivity index (χ2n) is 15.3. The van der Waals surface area contributed by atoms with Crippen molar-refractivity contribution in [2.24, 2.45) is 15.9 Å². The van der Waals surface area contributed by atoms with Gasteiger partial charge in [0.2, 0.25) is 0 Å². The molecule has 6 unspecified atom stereocenters. The summed E-state index contributed by atoms with van der Waals surface area (Å²) in [6, 6.07) is 20.6. The van der Waals surface area contributed by atoms with E-state index in [1.165, 1.54) is 42.6 Å². The predicted molar refractivity (Wildman–Crippen MR) is 216 cm³/mol. The minimum Gasteiger partial charge on any atom is -0.483 e. The standard InChI is InChI=1S/C46H40N4OS/c1-46-24-23-30(45-48-43(28-13-4-2-5-14-28)47-44(49-45)29-15-6-3-7-16-29)25-41(46)51-42-35(46)19-12-21-37(42)50-36-20-10-8-17-31(36)33-26-34-32-18-9-11-22-39(32)52-40(34)27-38(33)50/h2,4,6,8-12,15-28,31,36,41,44H,3,5,7,13-14H2,1H3,(H,47,48,49). The minimum absolute atomic E-state index is 0.131. The molecular formula is C46H40N4OS. The number of para-hydroxylation sites is 1. The van der Waals surface area contributed by atoms with Gasteiger partial charge in [0.15, 0.2) is 5.84 Å². The van der Waals surface area contributed by atoms with Crippen LogP contribution in [0.4, 0.5) is 11.4 Å². The zero-order valence-corrected chi connectivity index (χ0v) is 30.0. The Balaban J connectivity index is 0.986. The quantitative estimate of drug-likeness (QED) is 0.216. The van der Waals surface area contributed by atoms with Crippen LogP contribution < -0.4 is 15.0 Å². The van der Waals surface area contributed by atoms with Crippen LogP contribution in [0.15, 0.2) is 149 Å². The van der Waals surface area contributed by atoms with Crippen LogP contribution >= 0.6 is 11.3 Å². The summed E-state index contributed by atoms with van der Waals surface area (Å²) in [5.41, 5.74) is 6.96. The van der Waals surface area contributed by atoms with Gasteiger partial charge in [-0.3, -0.25) is 0 Å². The minimum atomic E-state index is -0.309. The van der Waals surface area contributed by atoms with E-state index in [2.05, 4.69) is 145 Å². The number of hydrogen-bond donors (Lipinski definition) is 1. The number of anilines is 2. The van der Waals surface area contributed by atoms with E-state index >= 15 is 0 Å². The molecule has 3 aromatic carbocycles. The molecule has 256 valence electrons. The number of aliphatic imine (C=N–C) groups is 2. The molecule has 4 heterocycles. The summed E-state index contributed by atoms with van der Waals surface area (Å²) in [6.07, 6.45) is 32.5. The van der Waals surface area contributed by atoms with Gasteiger partial charge in [-0.25, -0.2) is 9.98 Å². The van der Waals surface area contributed by atoms with Crippen LogP contribution in [0.3, 0.4) is 0 Å². The van der Waals surface area contributed by atoms with Crippen LogP contribution in [0.5, 0.6) is 5.75 Å². The molecule has 52 heavy (non-hydrogen) atoms. The predicted octanol–water partition coefficient (Wildman–Crippen LogP) is 10.7. The third kappa shape index (κ3) is 4.59. The summed E-state index contributed by atoms with van der Waals surface area (Å²) in [5, 5.41) is 6.42. The van der Waals surface area contributed by atoms with Crippen molar-refractivity contribution in [2.75, 3.05) is 4.90 Å². The lowest BCUT2D eigenvalue weighted by Crippen LogP contribution is -2.43. The molecule has 0 spiro atoms. The fourth-order valence-electron chi connectivity index (χ4n) is 9.38. The average Bonchev–Trinajstić information content (AvgIpc) is 3.83. The van der Waals surface area contributed by atoms with Gasteiger partial charge in [0.1, 0.15) is 23.9 Å². The van der Waals surface area contributed by atoms with Crippen LogP contribution in [-0.2, 0) is 5.41 Å². The Morgan fingerprint density at radius 2 is 1.85 bits per heavy atom. The Morgan fingerprint density at radius 1 is 0.904 bits per heavy atom. The number of allylic oxidation sites excluding steroid dienone is 6. The first-order chi connectivity index (χ1) is 25.6. The van der Waals surface area contributed by atoms with Gasteiger partial charge in [-0.05, 0) is 80.5 Å². The number of nitrogens with zero attached hydrogens (tertiary/aromatic N) is 3. The van der Waals surface area contributed by atoms with E-state index in [1.54, 1.807) is 0 Å². The Morgan fingerprint density at radius 3 is 2.75 bits per heavy atom. The van der Waals surface area contributed by atoms with Gasteiger partial charge in [-0.1, -0.05) is 97.2 Å². The van der Waals surface area contributed by atoms with Crippen molar-refractivity contribution in [1.82, 2.24) is 5.32 Å². The summed E-state index contributed by atoms with van der Waals surface area (Å²) in [7, 11) is 0. The zero-order chi connectivity index (χ0) is 34.4. The zero-order valence-electron chi connectivity index (χ0n) is 29.2. The molecule has 6 heteroatoms. The van der Waals surface area contributed by atoms with Crippen LogP contribution in [0, 0.1) is 5.92 Å². The number of fused-ring (bicyclic) bond motifs is 9. The second-order valence-corrected chi connectivity index (χ2v) is 16.3. The maximum Gasteiger partial charge on any atom is 0.158 e. The molecule has 1 N–H and O–H groups in total. The van der Waals surface area contributed by atoms with Crippen molar-refractivity contribution in [2.45, 2.75) is 68.7 Å². The van der Waals surface area contributed by atoms with E-state index in [1.807, 2.05) is 11.3 Å². The molecule has 0 fully saturated rings. The Bertz CT molecular complexity index is 2470. The highest BCUT2D eigenvalue weighted by Crippen LogP contribution is 2.57. The summed E-state index contributed by atoms with van der Waals surface area (Å²) in [5.74, 6) is 3.49. The van der Waals surface area contributed by atoms with E-state index < -0.39 is 0 Å². The van der Waals surface area contributed by atoms with Crippen molar-refractivity contribution >= 4 is 54.6 Å². The molecule has 0 amide bonds. The van der Waals surface area contributed by atoms with Crippen molar-refractivity contribution in [3.8, 4) is 5.75 Å². The van der Waals surface area contributed by atoms with E-state index in [0.717, 1.165) is 60.8 Å². The smallest absolute Gasteiger partial charge is 0.158 e. The molecule has 1 aromatic heterocycles. The molecule has 0 saturated heterocycles. The van der Waals surface area contributed by atoms with Crippen molar-refractivity contribution in [3.63, 3.8) is 0 Å². The fourth-order valence-corrected chi connectivity index (χ4v) is 10.5. The van der Waals surface area contributed by atoms with Gasteiger partial charge in [0.05, 0.1) is 17.1 Å². The van der Waals surface area contributed by atoms with E-state index in [4.69, 9.17) is 14.7 Å². The summed E-state index contributed by atoms with van der Waals surface area (Å²) in [4.78, 5) is 13.0. The van der Waals surface area contributed by atoms with Crippen molar-refractivity contribution in [1.29, 1.82) is 0 Å². The summed E-state index contributed by atoms with van der Waals surface area (Å²) in [6.45, 7) is 2.31. The molecule has 3 aliphatic heterocycles. The topological polar surface area (TPSA) is 49.2 Å². The first-order valence-electron chi connectivity index (χ1n) is 18.9. The molecule has 0 saturated carbocycles. The lowest BCUT2D eigenvalue weighted by molar-refractivity contribution is 0.228. The molecule has 4 aliphatic carbocycles. The van der Waals surface area contributed by atoms with Crippen LogP contribution in [-0.4, -0.2) is 30.0 Å². The van der Waals surface area contributed by atoms with Crippen molar-refractivity contribution in [3.05, 3.63) is 150 Å². The Labute approximate surface area is 308 Å². The van der Waals surface area contributed by atoms with Gasteiger partial charge in [0, 0.05) is 48.8 Å². The number of rotatable bonds is 4. The second kappa shape index (κ2) is 11.7. The van der Waals surface area contributed by atoms with Crippen molar-refractivity contribution < 1.29 is 4.74 Å². The van der Waals surface area contributed by atoms with E-state index in [-0.39, 0.29) is 29.6 Å². The average molecular weight is 697 g/mol. The largest absolute Gasteiger partial charge is 0.483 e. The molecule has 6 atom stereocenters. The first-order valence-corrected chi connectivity index (χ1v) is 19.7. The molecular weight excluding hydrogens is 657 g/mol. The third-order valence-electron chi connectivity index (χ3n) is 12.2. The van der Waals surface area contributed by atoms with Gasteiger partial charge in [-0.15, -0.1) is 11.3 Å². The maximum atomic E-state index is 7.14. The molecule has 7 aliphatic rings. The molecule has 0 radical (unpaired) electrons. The molecule has 11 rings (SSSR count). The highest BCUT2D eigenvalue weighted by molar-refractivity contribution is 7.25. The number of ether oxygens (including phenoxy) is 1. The lowest BCUT2D eigenvalue weighted by atomic mass is 9.75. The van der Waals surface area contributed by atoms with Gasteiger partial charge in [0.25, 0.3) is 0 Å². The van der Waals surface area contributed by atoms with E-state index in [0.29, 0.717) is 5.92 Å². The Kier molecular flexibility index (Phi) is 6.82. The normalized spacial score (nSPS) is 29.5. The number of thiophene rings is 1.